The second-order valence-electron chi connectivity index (χ2n) is 2.44. The maximum absolute atomic E-state index is 11.5. The summed E-state index contributed by atoms with van der Waals surface area (Å²) in [6.07, 6.45) is -0.175. The van der Waals surface area contributed by atoms with Crippen molar-refractivity contribution in [3.05, 3.63) is 0 Å². The number of rotatable bonds is 3. The van der Waals surface area contributed by atoms with Crippen LogP contribution in [-0.4, -0.2) is 17.9 Å². The Morgan fingerprint density at radius 2 is 1.89 bits per heavy atom. The third-order valence-corrected chi connectivity index (χ3v) is 0.922. The lowest BCUT2D eigenvalue weighted by atomic mass is 10.1. The van der Waals surface area contributed by atoms with E-state index < -0.39 is 12.8 Å². The third kappa shape index (κ3) is 8.18. The molecule has 0 heterocycles. The van der Waals surface area contributed by atoms with Gasteiger partial charge in [0.05, 0.1) is 6.10 Å². The lowest BCUT2D eigenvalue weighted by Gasteiger charge is -2.06. The Kier molecular flexibility index (Phi) is 8.34. The van der Waals surface area contributed by atoms with Gasteiger partial charge in [-0.15, -0.1) is 12.4 Å². The fourth-order valence-corrected chi connectivity index (χ4v) is 0.607. The quantitative estimate of drug-likeness (QED) is 0.661. The monoisotopic (exact) mass is 156 g/mol. The molecule has 3 heteroatoms. The molecular formula is C6H14ClFO. The molecule has 0 aromatic heterocycles. The van der Waals surface area contributed by atoms with Gasteiger partial charge in [0.25, 0.3) is 0 Å². The summed E-state index contributed by atoms with van der Waals surface area (Å²) >= 11 is 0. The summed E-state index contributed by atoms with van der Waals surface area (Å²) in [6.45, 7) is 3.30. The molecule has 0 fully saturated rings. The molecule has 0 aromatic rings. The molecule has 1 unspecified atom stereocenters. The van der Waals surface area contributed by atoms with E-state index in [1.165, 1.54) is 0 Å². The number of alkyl halides is 1. The zero-order valence-electron chi connectivity index (χ0n) is 5.80. The average molecular weight is 157 g/mol. The van der Waals surface area contributed by atoms with Crippen LogP contribution in [0.3, 0.4) is 0 Å². The first-order valence-corrected chi connectivity index (χ1v) is 2.90. The SMILES string of the molecule is CC(C)CC(O)CF.Cl. The van der Waals surface area contributed by atoms with Crippen LogP contribution in [0.25, 0.3) is 0 Å². The van der Waals surface area contributed by atoms with Crippen molar-refractivity contribution >= 4 is 12.4 Å². The number of aliphatic hydroxyl groups is 1. The molecule has 0 aliphatic heterocycles. The molecular weight excluding hydrogens is 143 g/mol. The summed E-state index contributed by atoms with van der Waals surface area (Å²) < 4.78 is 11.5. The van der Waals surface area contributed by atoms with Gasteiger partial charge in [-0.25, -0.2) is 4.39 Å². The van der Waals surface area contributed by atoms with Crippen LogP contribution in [0.2, 0.25) is 0 Å². The van der Waals surface area contributed by atoms with Crippen molar-refractivity contribution in [2.24, 2.45) is 5.92 Å². The van der Waals surface area contributed by atoms with E-state index in [1.54, 1.807) is 0 Å². The Bertz CT molecular complexity index is 59.0. The van der Waals surface area contributed by atoms with Gasteiger partial charge in [0.1, 0.15) is 6.67 Å². The molecule has 0 aliphatic rings. The first-order valence-electron chi connectivity index (χ1n) is 2.90. The van der Waals surface area contributed by atoms with E-state index in [0.717, 1.165) is 0 Å². The van der Waals surface area contributed by atoms with Crippen molar-refractivity contribution < 1.29 is 9.50 Å². The minimum atomic E-state index is -0.741. The Labute approximate surface area is 61.7 Å². The van der Waals surface area contributed by atoms with Crippen LogP contribution >= 0.6 is 12.4 Å². The molecule has 0 aliphatic carbocycles. The molecule has 0 radical (unpaired) electrons. The zero-order valence-corrected chi connectivity index (χ0v) is 6.62. The lowest BCUT2D eigenvalue weighted by Crippen LogP contribution is -2.11. The minimum Gasteiger partial charge on any atom is -0.390 e. The molecule has 58 valence electrons. The largest absolute Gasteiger partial charge is 0.390 e. The Hall–Kier alpha value is 0.180. The van der Waals surface area contributed by atoms with E-state index in [1.807, 2.05) is 13.8 Å². The average Bonchev–Trinajstić information content (AvgIpc) is 1.65. The zero-order chi connectivity index (χ0) is 6.57. The minimum absolute atomic E-state index is 0. The molecule has 1 nitrogen and oxygen atoms in total. The van der Waals surface area contributed by atoms with E-state index in [9.17, 15) is 4.39 Å². The highest BCUT2D eigenvalue weighted by Crippen LogP contribution is 2.03. The summed E-state index contributed by atoms with van der Waals surface area (Å²) in [7, 11) is 0. The second kappa shape index (κ2) is 6.30. The van der Waals surface area contributed by atoms with E-state index in [0.29, 0.717) is 12.3 Å². The van der Waals surface area contributed by atoms with Crippen LogP contribution in [0.15, 0.2) is 0 Å². The number of halogens is 2. The van der Waals surface area contributed by atoms with E-state index in [4.69, 9.17) is 5.11 Å². The summed E-state index contributed by atoms with van der Waals surface area (Å²) in [5.41, 5.74) is 0. The van der Waals surface area contributed by atoms with Gasteiger partial charge in [-0.3, -0.25) is 0 Å². The van der Waals surface area contributed by atoms with Gasteiger partial charge in [0.15, 0.2) is 0 Å². The predicted octanol–water partition coefficient (Wildman–Crippen LogP) is 1.78. The van der Waals surface area contributed by atoms with Gasteiger partial charge >= 0.3 is 0 Å². The number of aliphatic hydroxyl groups excluding tert-OH is 1. The lowest BCUT2D eigenvalue weighted by molar-refractivity contribution is 0.118. The standard InChI is InChI=1S/C6H13FO.ClH/c1-5(2)3-6(8)4-7;/h5-6,8H,3-4H2,1-2H3;1H. The molecule has 1 atom stereocenters. The first kappa shape index (κ1) is 11.9. The highest BCUT2D eigenvalue weighted by Gasteiger charge is 2.04. The molecule has 0 saturated carbocycles. The van der Waals surface area contributed by atoms with Crippen LogP contribution in [0.5, 0.6) is 0 Å². The van der Waals surface area contributed by atoms with E-state index in [-0.39, 0.29) is 12.4 Å². The van der Waals surface area contributed by atoms with Gasteiger partial charge in [-0.1, -0.05) is 13.8 Å². The topological polar surface area (TPSA) is 20.2 Å². The molecule has 0 amide bonds. The summed E-state index contributed by atoms with van der Waals surface area (Å²) in [5, 5.41) is 8.65. The van der Waals surface area contributed by atoms with Crippen LogP contribution in [0.4, 0.5) is 4.39 Å². The fraction of sp³-hybridized carbons (Fsp3) is 1.00. The van der Waals surface area contributed by atoms with Crippen LogP contribution < -0.4 is 0 Å². The van der Waals surface area contributed by atoms with Gasteiger partial charge in [-0.2, -0.15) is 0 Å². The maximum Gasteiger partial charge on any atom is 0.115 e. The Balaban J connectivity index is 0. The van der Waals surface area contributed by atoms with Crippen molar-refractivity contribution in [2.75, 3.05) is 6.67 Å². The maximum atomic E-state index is 11.5. The molecule has 1 N–H and O–H groups in total. The Morgan fingerprint density at radius 3 is 2.00 bits per heavy atom. The van der Waals surface area contributed by atoms with Crippen molar-refractivity contribution in [3.8, 4) is 0 Å². The normalized spacial score (nSPS) is 13.0. The van der Waals surface area contributed by atoms with Gasteiger partial charge in [0, 0.05) is 0 Å². The summed E-state index contributed by atoms with van der Waals surface area (Å²) in [6, 6.07) is 0. The van der Waals surface area contributed by atoms with Crippen LogP contribution in [0, 0.1) is 5.92 Å². The van der Waals surface area contributed by atoms with E-state index in [2.05, 4.69) is 0 Å². The van der Waals surface area contributed by atoms with Crippen molar-refractivity contribution in [3.63, 3.8) is 0 Å². The van der Waals surface area contributed by atoms with Crippen molar-refractivity contribution in [2.45, 2.75) is 26.4 Å². The molecule has 9 heavy (non-hydrogen) atoms. The fourth-order valence-electron chi connectivity index (χ4n) is 0.607. The molecule has 0 spiro atoms. The van der Waals surface area contributed by atoms with Crippen LogP contribution in [-0.2, 0) is 0 Å². The van der Waals surface area contributed by atoms with Crippen molar-refractivity contribution in [1.82, 2.24) is 0 Å². The summed E-state index contributed by atoms with van der Waals surface area (Å²) in [4.78, 5) is 0. The van der Waals surface area contributed by atoms with Crippen molar-refractivity contribution in [1.29, 1.82) is 0 Å². The third-order valence-electron chi connectivity index (χ3n) is 0.922. The van der Waals surface area contributed by atoms with Crippen LogP contribution in [0.1, 0.15) is 20.3 Å². The predicted molar refractivity (Wildman–Crippen MR) is 38.7 cm³/mol. The smallest absolute Gasteiger partial charge is 0.115 e. The second-order valence-corrected chi connectivity index (χ2v) is 2.44. The molecule has 0 saturated heterocycles. The molecule has 0 rings (SSSR count). The van der Waals surface area contributed by atoms with Gasteiger partial charge in [0.2, 0.25) is 0 Å². The highest BCUT2D eigenvalue weighted by molar-refractivity contribution is 5.85. The van der Waals surface area contributed by atoms with Gasteiger partial charge in [-0.05, 0) is 12.3 Å². The van der Waals surface area contributed by atoms with Gasteiger partial charge < -0.3 is 5.11 Å². The molecule has 0 aromatic carbocycles. The summed E-state index contributed by atoms with van der Waals surface area (Å²) in [5.74, 6) is 0.390. The molecule has 0 bridgehead atoms. The van der Waals surface area contributed by atoms with E-state index >= 15 is 0 Å². The number of hydrogen-bond acceptors (Lipinski definition) is 1. The Morgan fingerprint density at radius 1 is 1.44 bits per heavy atom. The number of hydrogen-bond donors (Lipinski definition) is 1. The highest BCUT2D eigenvalue weighted by atomic mass is 35.5. The first-order chi connectivity index (χ1) is 3.66.